The third-order valence-corrected chi connectivity index (χ3v) is 4.22. The minimum absolute atomic E-state index is 0.0130. The van der Waals surface area contributed by atoms with Crippen LogP contribution in [0.2, 0.25) is 5.02 Å². The maximum absolute atomic E-state index is 12.3. The number of nitriles is 1. The zero-order valence-electron chi connectivity index (χ0n) is 14.8. The molecule has 0 fully saturated rings. The molecule has 8 heteroatoms. The largest absolute Gasteiger partial charge is 0.492 e. The second kappa shape index (κ2) is 8.50. The number of hydrogen-bond acceptors (Lipinski definition) is 5. The molecule has 0 bridgehead atoms. The van der Waals surface area contributed by atoms with Gasteiger partial charge in [0, 0.05) is 12.1 Å². The fourth-order valence-electron chi connectivity index (χ4n) is 2.22. The van der Waals surface area contributed by atoms with Gasteiger partial charge in [-0.3, -0.25) is 9.59 Å². The number of ether oxygens (including phenoxy) is 1. The highest BCUT2D eigenvalue weighted by Crippen LogP contribution is 2.15. The predicted molar refractivity (Wildman–Crippen MR) is 97.3 cm³/mol. The number of carbonyl (C=O) groups is 1. The number of carbonyl (C=O) groups excluding carboxylic acids is 1. The topological polar surface area (TPSA) is 88.2 Å². The van der Waals surface area contributed by atoms with Gasteiger partial charge in [-0.1, -0.05) is 11.6 Å². The first-order valence-electron chi connectivity index (χ1n) is 7.94. The van der Waals surface area contributed by atoms with E-state index in [1.54, 1.807) is 45.2 Å². The summed E-state index contributed by atoms with van der Waals surface area (Å²) in [6.45, 7) is 3.76. The molecule has 1 amide bonds. The van der Waals surface area contributed by atoms with Gasteiger partial charge in [0.25, 0.3) is 5.56 Å². The standard InChI is InChI=1S/C18H19ClN4O3/c1-12-13(2)21-23(18(25)16(12)10-20)11-17(24)22(3)8-9-26-15-6-4-14(19)5-7-15/h4-7H,8-9,11H2,1-3H3. The average Bonchev–Trinajstić information content (AvgIpc) is 2.61. The van der Waals surface area contributed by atoms with E-state index in [-0.39, 0.29) is 18.0 Å². The smallest absolute Gasteiger partial charge is 0.285 e. The Morgan fingerprint density at radius 1 is 1.35 bits per heavy atom. The molecule has 0 saturated carbocycles. The molecule has 0 N–H and O–H groups in total. The highest BCUT2D eigenvalue weighted by molar-refractivity contribution is 6.30. The van der Waals surface area contributed by atoms with Gasteiger partial charge in [-0.25, -0.2) is 4.68 Å². The fraction of sp³-hybridized carbons (Fsp3) is 0.333. The molecular formula is C18H19ClN4O3. The van der Waals surface area contributed by atoms with Crippen LogP contribution in [-0.4, -0.2) is 40.8 Å². The Hall–Kier alpha value is -2.85. The number of aromatic nitrogens is 2. The molecule has 26 heavy (non-hydrogen) atoms. The Morgan fingerprint density at radius 2 is 2.00 bits per heavy atom. The van der Waals surface area contributed by atoms with Crippen LogP contribution in [0.1, 0.15) is 16.8 Å². The van der Waals surface area contributed by atoms with Gasteiger partial charge in [0.15, 0.2) is 0 Å². The molecule has 0 saturated heterocycles. The maximum Gasteiger partial charge on any atom is 0.285 e. The Balaban J connectivity index is 1.97. The summed E-state index contributed by atoms with van der Waals surface area (Å²) in [5.41, 5.74) is 0.530. The third-order valence-electron chi connectivity index (χ3n) is 3.97. The van der Waals surface area contributed by atoms with E-state index in [4.69, 9.17) is 21.6 Å². The molecule has 0 atom stereocenters. The molecule has 0 aliphatic carbocycles. The first-order valence-corrected chi connectivity index (χ1v) is 8.32. The lowest BCUT2D eigenvalue weighted by Crippen LogP contribution is -2.38. The van der Waals surface area contributed by atoms with Crippen LogP contribution < -0.4 is 10.3 Å². The molecule has 2 rings (SSSR count). The lowest BCUT2D eigenvalue weighted by atomic mass is 10.1. The summed E-state index contributed by atoms with van der Waals surface area (Å²) < 4.78 is 6.57. The van der Waals surface area contributed by atoms with E-state index in [9.17, 15) is 9.59 Å². The second-order valence-corrected chi connectivity index (χ2v) is 6.21. The van der Waals surface area contributed by atoms with Crippen LogP contribution in [0.25, 0.3) is 0 Å². The highest BCUT2D eigenvalue weighted by atomic mass is 35.5. The number of likely N-dealkylation sites (N-methyl/N-ethyl adjacent to an activating group) is 1. The maximum atomic E-state index is 12.3. The quantitative estimate of drug-likeness (QED) is 0.770. The SMILES string of the molecule is Cc1nn(CC(=O)N(C)CCOc2ccc(Cl)cc2)c(=O)c(C#N)c1C. The van der Waals surface area contributed by atoms with Crippen molar-refractivity contribution in [1.29, 1.82) is 5.26 Å². The van der Waals surface area contributed by atoms with Gasteiger partial charge in [-0.2, -0.15) is 10.4 Å². The van der Waals surface area contributed by atoms with Crippen LogP contribution in [0, 0.1) is 25.2 Å². The van der Waals surface area contributed by atoms with E-state index in [0.717, 1.165) is 4.68 Å². The van der Waals surface area contributed by atoms with Crippen LogP contribution in [0.4, 0.5) is 0 Å². The molecule has 0 aliphatic heterocycles. The predicted octanol–water partition coefficient (Wildman–Crippen LogP) is 1.92. The molecule has 0 unspecified atom stereocenters. The van der Waals surface area contributed by atoms with E-state index in [0.29, 0.717) is 35.2 Å². The minimum Gasteiger partial charge on any atom is -0.492 e. The van der Waals surface area contributed by atoms with Gasteiger partial charge in [0.2, 0.25) is 5.91 Å². The molecule has 7 nitrogen and oxygen atoms in total. The van der Waals surface area contributed by atoms with E-state index >= 15 is 0 Å². The van der Waals surface area contributed by atoms with Gasteiger partial charge in [0.05, 0.1) is 12.2 Å². The molecule has 0 radical (unpaired) electrons. The van der Waals surface area contributed by atoms with E-state index in [1.165, 1.54) is 4.90 Å². The molecule has 1 aromatic carbocycles. The summed E-state index contributed by atoms with van der Waals surface area (Å²) in [4.78, 5) is 26.0. The summed E-state index contributed by atoms with van der Waals surface area (Å²) in [5, 5.41) is 13.8. The van der Waals surface area contributed by atoms with Crippen LogP contribution in [-0.2, 0) is 11.3 Å². The van der Waals surface area contributed by atoms with Crippen molar-refractivity contribution in [2.24, 2.45) is 0 Å². The molecule has 0 spiro atoms. The van der Waals surface area contributed by atoms with Crippen molar-refractivity contribution in [3.63, 3.8) is 0 Å². The Kier molecular flexibility index (Phi) is 6.36. The van der Waals surface area contributed by atoms with Crippen molar-refractivity contribution in [2.45, 2.75) is 20.4 Å². The van der Waals surface area contributed by atoms with Gasteiger partial charge in [0.1, 0.15) is 30.5 Å². The van der Waals surface area contributed by atoms with Crippen LogP contribution >= 0.6 is 11.6 Å². The normalized spacial score (nSPS) is 10.3. The second-order valence-electron chi connectivity index (χ2n) is 5.78. The molecule has 2 aromatic rings. The Morgan fingerprint density at radius 3 is 2.62 bits per heavy atom. The molecule has 136 valence electrons. The zero-order chi connectivity index (χ0) is 19.3. The van der Waals surface area contributed by atoms with E-state index < -0.39 is 5.56 Å². The summed E-state index contributed by atoms with van der Waals surface area (Å²) in [5.74, 6) is 0.354. The molecular weight excluding hydrogens is 356 g/mol. The minimum atomic E-state index is -0.560. The molecule has 1 aromatic heterocycles. The summed E-state index contributed by atoms with van der Waals surface area (Å²) in [7, 11) is 1.62. The van der Waals surface area contributed by atoms with Crippen molar-refractivity contribution in [3.8, 4) is 11.8 Å². The Bertz CT molecular complexity index is 900. The average molecular weight is 375 g/mol. The number of amides is 1. The van der Waals surface area contributed by atoms with Crippen molar-refractivity contribution >= 4 is 17.5 Å². The van der Waals surface area contributed by atoms with Crippen molar-refractivity contribution in [1.82, 2.24) is 14.7 Å². The van der Waals surface area contributed by atoms with Crippen LogP contribution in [0.5, 0.6) is 5.75 Å². The third kappa shape index (κ3) is 4.61. The highest BCUT2D eigenvalue weighted by Gasteiger charge is 2.16. The molecule has 1 heterocycles. The summed E-state index contributed by atoms with van der Waals surface area (Å²) in [6.07, 6.45) is 0. The first-order chi connectivity index (χ1) is 12.3. The fourth-order valence-corrected chi connectivity index (χ4v) is 2.34. The van der Waals surface area contributed by atoms with Crippen molar-refractivity contribution in [3.05, 3.63) is 56.5 Å². The monoisotopic (exact) mass is 374 g/mol. The van der Waals surface area contributed by atoms with Crippen molar-refractivity contribution in [2.75, 3.05) is 20.2 Å². The number of nitrogens with zero attached hydrogens (tertiary/aromatic N) is 4. The number of hydrogen-bond donors (Lipinski definition) is 0. The van der Waals surface area contributed by atoms with Crippen LogP contribution in [0.15, 0.2) is 29.1 Å². The van der Waals surface area contributed by atoms with Gasteiger partial charge < -0.3 is 9.64 Å². The number of benzene rings is 1. The van der Waals surface area contributed by atoms with Gasteiger partial charge >= 0.3 is 0 Å². The van der Waals surface area contributed by atoms with E-state index in [2.05, 4.69) is 5.10 Å². The van der Waals surface area contributed by atoms with Gasteiger partial charge in [-0.05, 0) is 43.7 Å². The molecule has 0 aliphatic rings. The number of rotatable bonds is 6. The first kappa shape index (κ1) is 19.5. The Labute approximate surface area is 156 Å². The van der Waals surface area contributed by atoms with Crippen molar-refractivity contribution < 1.29 is 9.53 Å². The van der Waals surface area contributed by atoms with Gasteiger partial charge in [-0.15, -0.1) is 0 Å². The number of halogens is 1. The van der Waals surface area contributed by atoms with Crippen LogP contribution in [0.3, 0.4) is 0 Å². The lowest BCUT2D eigenvalue weighted by molar-refractivity contribution is -0.131. The summed E-state index contributed by atoms with van der Waals surface area (Å²) in [6, 6.07) is 8.80. The summed E-state index contributed by atoms with van der Waals surface area (Å²) >= 11 is 5.81. The zero-order valence-corrected chi connectivity index (χ0v) is 15.6. The number of aryl methyl sites for hydroxylation is 1. The van der Waals surface area contributed by atoms with E-state index in [1.807, 2.05) is 6.07 Å². The lowest BCUT2D eigenvalue weighted by Gasteiger charge is -2.18.